The predicted molar refractivity (Wildman–Crippen MR) is 390 cm³/mol. The normalized spacial score (nSPS) is 11.3. The maximum absolute atomic E-state index is 13.2. The molecule has 0 aliphatic rings. The van der Waals surface area contributed by atoms with Crippen molar-refractivity contribution in [3.8, 4) is 34.1 Å². The standard InChI is InChI=1S/C28H26N6O2.C25H19N5O2.C24H18FN5O2/c1-19-7-9-22(17-25(19)31-26(35)6-4-14-32(2)3)34-27(36)12-8-20-18-29-24-11-10-21(16-23(24)28(20)34)33-15-5-13-30-33;1-3-23(31)28-22-14-19(7-5-16(22)2)30-24(32)10-6-17-15-26-21-9-8-18(13-20(21)25(17)30)29-12-4-11-27-29;1-15-3-5-18(12-21(15)28-22(31)13-25)30-23(32)8-4-16-14-26-20-7-6-17(11-19(20)24(16)30)29-10-2-9-27-29/h4-13,15-18H,14H2,1-3H3,(H,31,35);3-15H,1H2,2H3,(H,28,31);2-12,14H,13H2,1H3,(H,28,31)/b6-4+;;. The van der Waals surface area contributed by atoms with E-state index in [1.807, 2.05) is 155 Å². The van der Waals surface area contributed by atoms with Gasteiger partial charge in [-0.05, 0) is 185 Å². The summed E-state index contributed by atoms with van der Waals surface area (Å²) in [5.74, 6) is -1.27. The van der Waals surface area contributed by atoms with Crippen LogP contribution in [0.3, 0.4) is 0 Å². The first kappa shape index (κ1) is 65.3. The van der Waals surface area contributed by atoms with Crippen molar-refractivity contribution in [3.05, 3.63) is 292 Å². The van der Waals surface area contributed by atoms with Crippen LogP contribution >= 0.6 is 0 Å². The summed E-state index contributed by atoms with van der Waals surface area (Å²) in [4.78, 5) is 91.0. The second-order valence-corrected chi connectivity index (χ2v) is 23.7. The highest BCUT2D eigenvalue weighted by molar-refractivity contribution is 6.08. The average Bonchev–Trinajstić information content (AvgIpc) is 0.874. The Morgan fingerprint density at radius 3 is 1.14 bits per heavy atom. The van der Waals surface area contributed by atoms with Crippen molar-refractivity contribution in [2.24, 2.45) is 0 Å². The zero-order chi connectivity index (χ0) is 69.7. The number of alkyl halides is 1. The predicted octanol–water partition coefficient (Wildman–Crippen LogP) is 12.2. The number of nitrogens with zero attached hydrogens (tertiary/aromatic N) is 13. The zero-order valence-electron chi connectivity index (χ0n) is 54.8. The monoisotopic (exact) mass is 1330 g/mol. The van der Waals surface area contributed by atoms with Crippen LogP contribution in [0.25, 0.3) is 99.5 Å². The van der Waals surface area contributed by atoms with Crippen LogP contribution in [-0.2, 0) is 14.4 Å². The van der Waals surface area contributed by atoms with Gasteiger partial charge in [0.15, 0.2) is 6.67 Å². The smallest absolute Gasteiger partial charge is 0.255 e. The van der Waals surface area contributed by atoms with E-state index in [1.165, 1.54) is 30.4 Å². The molecule has 0 aliphatic heterocycles. The molecule has 0 bridgehead atoms. The molecule has 15 rings (SSSR count). The molecule has 3 amide bonds. The van der Waals surface area contributed by atoms with Crippen molar-refractivity contribution < 1.29 is 18.8 Å². The van der Waals surface area contributed by atoms with Crippen LogP contribution in [0.15, 0.2) is 259 Å². The summed E-state index contributed by atoms with van der Waals surface area (Å²) in [7, 11) is 3.88. The molecule has 0 spiro atoms. The Bertz CT molecular complexity index is 5920. The molecule has 22 nitrogen and oxygen atoms in total. The third-order valence-corrected chi connectivity index (χ3v) is 16.7. The molecule has 0 saturated carbocycles. The van der Waals surface area contributed by atoms with E-state index in [0.717, 1.165) is 93.7 Å². The molecule has 3 N–H and O–H groups in total. The largest absolute Gasteiger partial charge is 0.323 e. The fraction of sp³-hybridized carbons (Fsp3) is 0.0909. The molecule has 100 heavy (non-hydrogen) atoms. The number of hydrogen-bond acceptors (Lipinski definition) is 13. The van der Waals surface area contributed by atoms with Gasteiger partial charge in [0, 0.05) is 136 Å². The number of carbonyl (C=O) groups excluding carboxylic acids is 3. The van der Waals surface area contributed by atoms with E-state index in [9.17, 15) is 33.2 Å². The molecule has 0 saturated heterocycles. The van der Waals surface area contributed by atoms with Gasteiger partial charge in [-0.25, -0.2) is 18.4 Å². The minimum Gasteiger partial charge on any atom is -0.323 e. The van der Waals surface area contributed by atoms with Crippen LogP contribution in [0.1, 0.15) is 16.7 Å². The number of aryl methyl sites for hydroxylation is 3. The average molecular weight is 1330 g/mol. The van der Waals surface area contributed by atoms with Crippen LogP contribution < -0.4 is 32.6 Å². The summed E-state index contributed by atoms with van der Waals surface area (Å²) in [6, 6.07) is 49.2. The Kier molecular flexibility index (Phi) is 18.3. The van der Waals surface area contributed by atoms with E-state index in [4.69, 9.17) is 0 Å². The van der Waals surface area contributed by atoms with Gasteiger partial charge in [-0.15, -0.1) is 0 Å². The fourth-order valence-corrected chi connectivity index (χ4v) is 11.7. The van der Waals surface area contributed by atoms with Crippen molar-refractivity contribution in [1.82, 2.24) is 62.9 Å². The molecule has 23 heteroatoms. The lowest BCUT2D eigenvalue weighted by Crippen LogP contribution is -2.19. The number of nitrogens with one attached hydrogen (secondary N) is 3. The Balaban J connectivity index is 0.000000135. The highest BCUT2D eigenvalue weighted by atomic mass is 19.1. The number of likely N-dealkylation sites (N-methyl/N-ethyl adjacent to an activating group) is 1. The number of fused-ring (bicyclic) bond motifs is 9. The number of halogens is 1. The third kappa shape index (κ3) is 13.5. The number of benzene rings is 6. The lowest BCUT2D eigenvalue weighted by molar-refractivity contribution is -0.117. The first-order valence-corrected chi connectivity index (χ1v) is 31.6. The molecule has 0 aliphatic carbocycles. The maximum Gasteiger partial charge on any atom is 0.255 e. The van der Waals surface area contributed by atoms with Crippen LogP contribution in [0.2, 0.25) is 0 Å². The zero-order valence-corrected chi connectivity index (χ0v) is 54.8. The van der Waals surface area contributed by atoms with Gasteiger partial charge in [0.1, 0.15) is 0 Å². The van der Waals surface area contributed by atoms with Crippen molar-refractivity contribution in [1.29, 1.82) is 0 Å². The SMILES string of the molecule is C=CC(=O)Nc1cc(-n2c(=O)ccc3cnc4ccc(-n5cccn5)cc4c32)ccc1C.Cc1ccc(-n2c(=O)ccc3cnc4ccc(-n5cccn5)cc4c32)cc1NC(=O)/C=C/CN(C)C.Cc1ccc(-n2c(=O)ccc3cnc4ccc(-n5cccn5)cc4c32)cc1NC(=O)CF. The van der Waals surface area contributed by atoms with Crippen LogP contribution in [0, 0.1) is 20.8 Å². The van der Waals surface area contributed by atoms with Crippen molar-refractivity contribution >= 4 is 100 Å². The molecular formula is C77H63FN16O6. The van der Waals surface area contributed by atoms with Crippen LogP contribution in [0.5, 0.6) is 0 Å². The van der Waals surface area contributed by atoms with E-state index in [2.05, 4.69) is 52.8 Å². The van der Waals surface area contributed by atoms with Gasteiger partial charge >= 0.3 is 0 Å². The Morgan fingerprint density at radius 1 is 0.460 bits per heavy atom. The van der Waals surface area contributed by atoms with Gasteiger partial charge in [0.25, 0.3) is 22.6 Å². The highest BCUT2D eigenvalue weighted by Crippen LogP contribution is 2.33. The summed E-state index contributed by atoms with van der Waals surface area (Å²) < 4.78 is 22.9. The number of hydrogen-bond donors (Lipinski definition) is 3. The van der Waals surface area contributed by atoms with Gasteiger partial charge in [0.05, 0.1) is 67.2 Å². The molecule has 494 valence electrons. The second-order valence-electron chi connectivity index (χ2n) is 23.7. The maximum atomic E-state index is 13.2. The van der Waals surface area contributed by atoms with E-state index < -0.39 is 12.6 Å². The molecule has 6 aromatic carbocycles. The quantitative estimate of drug-likeness (QED) is 0.0678. The summed E-state index contributed by atoms with van der Waals surface area (Å²) in [5, 5.41) is 26.1. The second kappa shape index (κ2) is 28.1. The van der Waals surface area contributed by atoms with Gasteiger partial charge in [-0.1, -0.05) is 30.9 Å². The van der Waals surface area contributed by atoms with Gasteiger partial charge in [-0.2, -0.15) is 15.3 Å². The molecule has 9 aromatic heterocycles. The molecule has 9 heterocycles. The minimum absolute atomic E-state index is 0.175. The van der Waals surface area contributed by atoms with E-state index in [1.54, 1.807) is 120 Å². The van der Waals surface area contributed by atoms with E-state index in [-0.39, 0.29) is 28.5 Å². The molecule has 0 atom stereocenters. The summed E-state index contributed by atoms with van der Waals surface area (Å²) in [6.45, 7) is 8.67. The lowest BCUT2D eigenvalue weighted by atomic mass is 10.1. The summed E-state index contributed by atoms with van der Waals surface area (Å²) in [5.41, 5.74) is 12.5. The van der Waals surface area contributed by atoms with Crippen molar-refractivity contribution in [3.63, 3.8) is 0 Å². The lowest BCUT2D eigenvalue weighted by Gasteiger charge is -2.15. The van der Waals surface area contributed by atoms with E-state index >= 15 is 0 Å². The number of carbonyl (C=O) groups is 3. The summed E-state index contributed by atoms with van der Waals surface area (Å²) >= 11 is 0. The topological polar surface area (TPSA) is 249 Å². The van der Waals surface area contributed by atoms with Gasteiger partial charge < -0.3 is 20.9 Å². The highest BCUT2D eigenvalue weighted by Gasteiger charge is 2.18. The van der Waals surface area contributed by atoms with Crippen LogP contribution in [0.4, 0.5) is 21.5 Å². The van der Waals surface area contributed by atoms with Crippen molar-refractivity contribution in [2.75, 3.05) is 43.3 Å². The number of rotatable bonds is 14. The molecule has 15 aromatic rings. The minimum atomic E-state index is -1.12. The number of aromatic nitrogens is 12. The van der Waals surface area contributed by atoms with E-state index in [0.29, 0.717) is 46.2 Å². The molecule has 0 radical (unpaired) electrons. The Hall–Kier alpha value is -13.4. The third-order valence-electron chi connectivity index (χ3n) is 16.7. The Labute approximate surface area is 569 Å². The molecular weight excluding hydrogens is 1260 g/mol. The Morgan fingerprint density at radius 2 is 0.810 bits per heavy atom. The van der Waals surface area contributed by atoms with Crippen molar-refractivity contribution in [2.45, 2.75) is 20.8 Å². The first-order valence-electron chi connectivity index (χ1n) is 31.6. The van der Waals surface area contributed by atoms with Crippen LogP contribution in [-0.4, -0.2) is 108 Å². The van der Waals surface area contributed by atoms with Gasteiger partial charge in [0.2, 0.25) is 11.8 Å². The first-order chi connectivity index (χ1) is 48.5. The number of pyridine rings is 6. The molecule has 0 fully saturated rings. The number of amides is 3. The summed E-state index contributed by atoms with van der Waals surface area (Å²) in [6.07, 6.45) is 20.5. The van der Waals surface area contributed by atoms with Gasteiger partial charge in [-0.3, -0.25) is 57.4 Å². The fourth-order valence-electron chi connectivity index (χ4n) is 11.7. The number of anilines is 3. The molecule has 0 unspecified atom stereocenters.